The first-order chi connectivity index (χ1) is 10.6. The molecule has 1 aliphatic heterocycles. The molecule has 0 saturated carbocycles. The minimum absolute atomic E-state index is 0.0596. The van der Waals surface area contributed by atoms with Gasteiger partial charge < -0.3 is 14.6 Å². The smallest absolute Gasteiger partial charge is 0.308 e. The van der Waals surface area contributed by atoms with E-state index in [2.05, 4.69) is 4.98 Å². The lowest BCUT2D eigenvalue weighted by Crippen LogP contribution is -2.40. The van der Waals surface area contributed by atoms with Crippen molar-refractivity contribution in [3.63, 3.8) is 0 Å². The van der Waals surface area contributed by atoms with Crippen LogP contribution in [-0.2, 0) is 9.53 Å². The summed E-state index contributed by atoms with van der Waals surface area (Å²) in [5.74, 6) is -0.355. The molecule has 0 unspecified atom stereocenters. The first kappa shape index (κ1) is 14.9. The predicted octanol–water partition coefficient (Wildman–Crippen LogP) is 2.85. The molecule has 2 heterocycles. The molecule has 1 fully saturated rings. The molecule has 1 aromatic heterocycles. The fourth-order valence-electron chi connectivity index (χ4n) is 2.89. The summed E-state index contributed by atoms with van der Waals surface area (Å²) in [6.45, 7) is 1.11. The molecule has 3 rings (SSSR count). The zero-order valence-electron chi connectivity index (χ0n) is 12.3. The van der Waals surface area contributed by atoms with Crippen molar-refractivity contribution in [2.45, 2.75) is 12.8 Å². The molecule has 1 saturated heterocycles. The molecule has 0 bridgehead atoms. The van der Waals surface area contributed by atoms with Crippen molar-refractivity contribution in [2.24, 2.45) is 5.92 Å². The number of piperidine rings is 1. The summed E-state index contributed by atoms with van der Waals surface area (Å²) in [6, 6.07) is 7.37. The van der Waals surface area contributed by atoms with Gasteiger partial charge in [-0.15, -0.1) is 0 Å². The molecular weight excluding hydrogens is 304 g/mol. The Balaban J connectivity index is 1.74. The van der Waals surface area contributed by atoms with Gasteiger partial charge in [0.25, 0.3) is 5.91 Å². The van der Waals surface area contributed by atoms with E-state index in [1.807, 2.05) is 18.2 Å². The number of methoxy groups -OCH3 is 1. The number of nitrogens with zero attached hydrogens (tertiary/aromatic N) is 1. The number of hydrogen-bond donors (Lipinski definition) is 1. The van der Waals surface area contributed by atoms with Gasteiger partial charge in [0.05, 0.1) is 23.6 Å². The zero-order valence-corrected chi connectivity index (χ0v) is 13.0. The van der Waals surface area contributed by atoms with Crippen molar-refractivity contribution >= 4 is 34.4 Å². The van der Waals surface area contributed by atoms with Crippen LogP contribution in [0.2, 0.25) is 5.02 Å². The fourth-order valence-corrected chi connectivity index (χ4v) is 3.12. The lowest BCUT2D eigenvalue weighted by Gasteiger charge is -2.30. The van der Waals surface area contributed by atoms with Gasteiger partial charge in [0, 0.05) is 18.5 Å². The number of amides is 1. The summed E-state index contributed by atoms with van der Waals surface area (Å²) >= 11 is 6.12. The normalized spacial score (nSPS) is 16.0. The van der Waals surface area contributed by atoms with Gasteiger partial charge in [-0.25, -0.2) is 0 Å². The molecule has 2 aromatic rings. The van der Waals surface area contributed by atoms with Crippen LogP contribution in [-0.4, -0.2) is 42.0 Å². The largest absolute Gasteiger partial charge is 0.469 e. The highest BCUT2D eigenvalue weighted by molar-refractivity contribution is 6.35. The van der Waals surface area contributed by atoms with Crippen molar-refractivity contribution in [1.82, 2.24) is 9.88 Å². The first-order valence-corrected chi connectivity index (χ1v) is 7.62. The maximum atomic E-state index is 12.6. The van der Waals surface area contributed by atoms with Crippen LogP contribution in [0.4, 0.5) is 0 Å². The average molecular weight is 321 g/mol. The molecule has 0 radical (unpaired) electrons. The number of aromatic nitrogens is 1. The number of carbonyl (C=O) groups excluding carboxylic acids is 2. The van der Waals surface area contributed by atoms with Gasteiger partial charge >= 0.3 is 5.97 Å². The van der Waals surface area contributed by atoms with Crippen molar-refractivity contribution in [3.05, 3.63) is 35.0 Å². The summed E-state index contributed by atoms with van der Waals surface area (Å²) in [5, 5.41) is 1.52. The highest BCUT2D eigenvalue weighted by Crippen LogP contribution is 2.25. The summed E-state index contributed by atoms with van der Waals surface area (Å²) in [5.41, 5.74) is 1.30. The lowest BCUT2D eigenvalue weighted by molar-refractivity contribution is -0.146. The van der Waals surface area contributed by atoms with Crippen molar-refractivity contribution in [2.75, 3.05) is 20.2 Å². The van der Waals surface area contributed by atoms with Gasteiger partial charge in [-0.3, -0.25) is 9.59 Å². The molecule has 116 valence electrons. The van der Waals surface area contributed by atoms with E-state index in [0.717, 1.165) is 10.9 Å². The summed E-state index contributed by atoms with van der Waals surface area (Å²) < 4.78 is 4.76. The number of carbonyl (C=O) groups is 2. The molecule has 1 N–H and O–H groups in total. The molecule has 22 heavy (non-hydrogen) atoms. The maximum Gasteiger partial charge on any atom is 0.308 e. The highest BCUT2D eigenvalue weighted by atomic mass is 35.5. The van der Waals surface area contributed by atoms with Crippen LogP contribution in [0.15, 0.2) is 24.3 Å². The lowest BCUT2D eigenvalue weighted by atomic mass is 9.97. The SMILES string of the molecule is COC(=O)C1CCN(C(=O)c2cc3cccc(Cl)c3[nH]2)CC1. The number of rotatable bonds is 2. The van der Waals surface area contributed by atoms with Crippen molar-refractivity contribution in [1.29, 1.82) is 0 Å². The topological polar surface area (TPSA) is 62.4 Å². The Hall–Kier alpha value is -2.01. The number of aromatic amines is 1. The fraction of sp³-hybridized carbons (Fsp3) is 0.375. The second-order valence-corrected chi connectivity index (χ2v) is 5.88. The molecule has 1 aliphatic rings. The van der Waals surface area contributed by atoms with Gasteiger partial charge in [0.1, 0.15) is 5.69 Å². The minimum Gasteiger partial charge on any atom is -0.469 e. The molecule has 0 atom stereocenters. The predicted molar refractivity (Wildman–Crippen MR) is 84.0 cm³/mol. The summed E-state index contributed by atoms with van der Waals surface area (Å²) in [7, 11) is 1.40. The monoisotopic (exact) mass is 320 g/mol. The number of H-pyrrole nitrogens is 1. The number of halogens is 1. The van der Waals surface area contributed by atoms with E-state index in [1.165, 1.54) is 7.11 Å². The van der Waals surface area contributed by atoms with Crippen LogP contribution in [0.1, 0.15) is 23.3 Å². The third kappa shape index (κ3) is 2.68. The Morgan fingerprint density at radius 1 is 1.32 bits per heavy atom. The number of esters is 1. The highest BCUT2D eigenvalue weighted by Gasteiger charge is 2.28. The molecule has 5 nitrogen and oxygen atoms in total. The maximum absolute atomic E-state index is 12.6. The number of para-hydroxylation sites is 1. The van der Waals surface area contributed by atoms with E-state index >= 15 is 0 Å². The van der Waals surface area contributed by atoms with E-state index in [-0.39, 0.29) is 17.8 Å². The van der Waals surface area contributed by atoms with E-state index in [9.17, 15) is 9.59 Å². The van der Waals surface area contributed by atoms with E-state index in [0.29, 0.717) is 36.6 Å². The molecule has 6 heteroatoms. The molecule has 0 aliphatic carbocycles. The Morgan fingerprint density at radius 2 is 2.05 bits per heavy atom. The second-order valence-electron chi connectivity index (χ2n) is 5.48. The van der Waals surface area contributed by atoms with Gasteiger partial charge in [-0.05, 0) is 25.0 Å². The Labute approximate surface area is 133 Å². The zero-order chi connectivity index (χ0) is 15.7. The van der Waals surface area contributed by atoms with E-state index in [1.54, 1.807) is 11.0 Å². The van der Waals surface area contributed by atoms with Gasteiger partial charge in [-0.2, -0.15) is 0 Å². The van der Waals surface area contributed by atoms with Gasteiger partial charge in [0.2, 0.25) is 0 Å². The number of nitrogens with one attached hydrogen (secondary N) is 1. The Bertz CT molecular complexity index is 717. The van der Waals surface area contributed by atoms with Crippen LogP contribution >= 0.6 is 11.6 Å². The first-order valence-electron chi connectivity index (χ1n) is 7.24. The number of fused-ring (bicyclic) bond motifs is 1. The number of ether oxygens (including phenoxy) is 1. The van der Waals surface area contributed by atoms with Crippen LogP contribution in [0.25, 0.3) is 10.9 Å². The van der Waals surface area contributed by atoms with Gasteiger partial charge in [-0.1, -0.05) is 23.7 Å². The molecule has 1 amide bonds. The Morgan fingerprint density at radius 3 is 2.68 bits per heavy atom. The van der Waals surface area contributed by atoms with E-state index < -0.39 is 0 Å². The van der Waals surface area contributed by atoms with Crippen molar-refractivity contribution < 1.29 is 14.3 Å². The van der Waals surface area contributed by atoms with Crippen molar-refractivity contribution in [3.8, 4) is 0 Å². The standard InChI is InChI=1S/C16H17ClN2O3/c1-22-16(21)10-5-7-19(8-6-10)15(20)13-9-11-3-2-4-12(17)14(11)18-13/h2-4,9-10,18H,5-8H2,1H3. The third-order valence-corrected chi connectivity index (χ3v) is 4.47. The van der Waals surface area contributed by atoms with Crippen LogP contribution in [0.5, 0.6) is 0 Å². The number of hydrogen-bond acceptors (Lipinski definition) is 3. The third-order valence-electron chi connectivity index (χ3n) is 4.15. The van der Waals surface area contributed by atoms with E-state index in [4.69, 9.17) is 16.3 Å². The van der Waals surface area contributed by atoms with Crippen LogP contribution in [0.3, 0.4) is 0 Å². The van der Waals surface area contributed by atoms with Crippen LogP contribution in [0, 0.1) is 5.92 Å². The second kappa shape index (κ2) is 6.01. The Kier molecular flexibility index (Phi) is 4.07. The minimum atomic E-state index is -0.190. The quantitative estimate of drug-likeness (QED) is 0.865. The molecule has 0 spiro atoms. The van der Waals surface area contributed by atoms with Gasteiger partial charge in [0.15, 0.2) is 0 Å². The summed E-state index contributed by atoms with van der Waals surface area (Å²) in [6.07, 6.45) is 1.28. The number of benzene rings is 1. The van der Waals surface area contributed by atoms with Crippen LogP contribution < -0.4 is 0 Å². The number of likely N-dealkylation sites (tertiary alicyclic amines) is 1. The summed E-state index contributed by atoms with van der Waals surface area (Å²) in [4.78, 5) is 28.9. The molecule has 1 aromatic carbocycles. The average Bonchev–Trinajstić information content (AvgIpc) is 2.99. The molecular formula is C16H17ClN2O3.